The number of ether oxygens (including phenoxy) is 3. The molecule has 0 saturated heterocycles. The van der Waals surface area contributed by atoms with Crippen LogP contribution in [0, 0.1) is 0 Å². The van der Waals surface area contributed by atoms with Crippen molar-refractivity contribution in [2.45, 2.75) is 5.92 Å². The zero-order chi connectivity index (χ0) is 16.1. The number of esters is 1. The minimum absolute atomic E-state index is 0.227. The molecule has 0 aliphatic rings. The van der Waals surface area contributed by atoms with Crippen molar-refractivity contribution in [1.82, 2.24) is 9.97 Å². The Morgan fingerprint density at radius 1 is 1.05 bits per heavy atom. The summed E-state index contributed by atoms with van der Waals surface area (Å²) in [5.41, 5.74) is 0.659. The predicted octanol–water partition coefficient (Wildman–Crippen LogP) is 2.45. The summed E-state index contributed by atoms with van der Waals surface area (Å²) in [7, 11) is 4.25. The highest BCUT2D eigenvalue weighted by Crippen LogP contribution is 2.27. The zero-order valence-corrected chi connectivity index (χ0v) is 13.1. The molecule has 0 radical (unpaired) electrons. The van der Waals surface area contributed by atoms with Crippen LogP contribution in [0.5, 0.6) is 11.8 Å². The third-order valence-electron chi connectivity index (χ3n) is 3.01. The molecule has 0 aliphatic heterocycles. The molecule has 2 aromatic rings. The molecule has 1 heterocycles. The third kappa shape index (κ3) is 3.46. The molecule has 6 nitrogen and oxygen atoms in total. The molecular formula is C15H15ClN2O4. The van der Waals surface area contributed by atoms with Crippen molar-refractivity contribution >= 4 is 17.6 Å². The molecule has 1 atom stereocenters. The molecule has 22 heavy (non-hydrogen) atoms. The van der Waals surface area contributed by atoms with Crippen molar-refractivity contribution in [3.8, 4) is 11.8 Å². The van der Waals surface area contributed by atoms with Crippen LogP contribution in [0.2, 0.25) is 5.02 Å². The Hall–Kier alpha value is -2.34. The number of carbonyl (C=O) groups is 1. The maximum atomic E-state index is 12.2. The number of rotatable bonds is 5. The predicted molar refractivity (Wildman–Crippen MR) is 80.4 cm³/mol. The first-order valence-corrected chi connectivity index (χ1v) is 6.77. The molecule has 0 N–H and O–H groups in total. The van der Waals surface area contributed by atoms with Gasteiger partial charge in [0.15, 0.2) is 5.82 Å². The van der Waals surface area contributed by atoms with Crippen molar-refractivity contribution < 1.29 is 19.0 Å². The molecule has 116 valence electrons. The summed E-state index contributed by atoms with van der Waals surface area (Å²) in [5, 5.41) is 0.566. The standard InChI is InChI=1S/C15H15ClN2O4/c1-20-11-8-12(21-2)18-14(17-11)13(15(19)22-3)9-4-6-10(16)7-5-9/h4-8,13H,1-3H3/t13-/m1/s1. The van der Waals surface area contributed by atoms with Gasteiger partial charge in [-0.3, -0.25) is 4.79 Å². The van der Waals surface area contributed by atoms with Gasteiger partial charge >= 0.3 is 5.97 Å². The second kappa shape index (κ2) is 7.09. The highest BCUT2D eigenvalue weighted by Gasteiger charge is 2.28. The summed E-state index contributed by atoms with van der Waals surface area (Å²) >= 11 is 5.88. The largest absolute Gasteiger partial charge is 0.481 e. The van der Waals surface area contributed by atoms with Crippen molar-refractivity contribution in [1.29, 1.82) is 0 Å². The van der Waals surface area contributed by atoms with E-state index < -0.39 is 11.9 Å². The fourth-order valence-corrected chi connectivity index (χ4v) is 2.05. The molecule has 1 aromatic carbocycles. The van der Waals surface area contributed by atoms with Crippen LogP contribution in [0.3, 0.4) is 0 Å². The molecule has 7 heteroatoms. The van der Waals surface area contributed by atoms with Crippen LogP contribution in [-0.4, -0.2) is 37.3 Å². The number of benzene rings is 1. The monoisotopic (exact) mass is 322 g/mol. The second-order valence-corrected chi connectivity index (χ2v) is 4.76. The Labute approximate surface area is 133 Å². The number of nitrogens with zero attached hydrogens (tertiary/aromatic N) is 2. The van der Waals surface area contributed by atoms with E-state index in [0.29, 0.717) is 22.3 Å². The van der Waals surface area contributed by atoms with Gasteiger partial charge in [0.1, 0.15) is 5.92 Å². The van der Waals surface area contributed by atoms with Gasteiger partial charge < -0.3 is 14.2 Å². The maximum Gasteiger partial charge on any atom is 0.320 e. The molecule has 0 saturated carbocycles. The quantitative estimate of drug-likeness (QED) is 0.787. The van der Waals surface area contributed by atoms with E-state index >= 15 is 0 Å². The van der Waals surface area contributed by atoms with Crippen LogP contribution in [0.25, 0.3) is 0 Å². The lowest BCUT2D eigenvalue weighted by Crippen LogP contribution is -2.19. The summed E-state index contributed by atoms with van der Waals surface area (Å²) in [6.07, 6.45) is 0. The first-order valence-electron chi connectivity index (χ1n) is 6.39. The van der Waals surface area contributed by atoms with Crippen LogP contribution in [-0.2, 0) is 9.53 Å². The average Bonchev–Trinajstić information content (AvgIpc) is 2.56. The molecule has 1 aromatic heterocycles. The maximum absolute atomic E-state index is 12.2. The topological polar surface area (TPSA) is 70.5 Å². The Bertz CT molecular complexity index is 639. The van der Waals surface area contributed by atoms with Gasteiger partial charge in [0.05, 0.1) is 27.4 Å². The summed E-state index contributed by atoms with van der Waals surface area (Å²) in [6.45, 7) is 0. The highest BCUT2D eigenvalue weighted by atomic mass is 35.5. The minimum atomic E-state index is -0.800. The van der Waals surface area contributed by atoms with E-state index in [-0.39, 0.29) is 5.82 Å². The lowest BCUT2D eigenvalue weighted by Gasteiger charge is -2.15. The summed E-state index contributed by atoms with van der Waals surface area (Å²) in [6, 6.07) is 8.34. The lowest BCUT2D eigenvalue weighted by molar-refractivity contribution is -0.141. The fourth-order valence-electron chi connectivity index (χ4n) is 1.92. The molecule has 0 aliphatic carbocycles. The van der Waals surface area contributed by atoms with E-state index in [0.717, 1.165) is 0 Å². The molecule has 0 amide bonds. The molecule has 2 rings (SSSR count). The van der Waals surface area contributed by atoms with Crippen molar-refractivity contribution in [2.75, 3.05) is 21.3 Å². The van der Waals surface area contributed by atoms with E-state index in [4.69, 9.17) is 25.8 Å². The van der Waals surface area contributed by atoms with Gasteiger partial charge in [-0.1, -0.05) is 23.7 Å². The Morgan fingerprint density at radius 2 is 1.59 bits per heavy atom. The molecule has 0 fully saturated rings. The number of methoxy groups -OCH3 is 3. The van der Waals surface area contributed by atoms with Gasteiger partial charge in [0.25, 0.3) is 0 Å². The number of hydrogen-bond acceptors (Lipinski definition) is 6. The number of halogens is 1. The Balaban J connectivity index is 2.54. The lowest BCUT2D eigenvalue weighted by atomic mass is 9.98. The van der Waals surface area contributed by atoms with E-state index in [9.17, 15) is 4.79 Å². The van der Waals surface area contributed by atoms with Gasteiger partial charge in [0.2, 0.25) is 11.8 Å². The molecule has 0 bridgehead atoms. The normalized spacial score (nSPS) is 11.6. The first kappa shape index (κ1) is 16.0. The van der Waals surface area contributed by atoms with Gasteiger partial charge in [0, 0.05) is 5.02 Å². The molecular weight excluding hydrogens is 308 g/mol. The minimum Gasteiger partial charge on any atom is -0.481 e. The van der Waals surface area contributed by atoms with Crippen LogP contribution in [0.15, 0.2) is 30.3 Å². The fraction of sp³-hybridized carbons (Fsp3) is 0.267. The van der Waals surface area contributed by atoms with Gasteiger partial charge in [-0.15, -0.1) is 0 Å². The smallest absolute Gasteiger partial charge is 0.320 e. The number of aromatic nitrogens is 2. The number of hydrogen-bond donors (Lipinski definition) is 0. The average molecular weight is 323 g/mol. The van der Waals surface area contributed by atoms with Crippen molar-refractivity contribution in [2.24, 2.45) is 0 Å². The molecule has 0 spiro atoms. The first-order chi connectivity index (χ1) is 10.6. The summed E-state index contributed by atoms with van der Waals surface area (Å²) in [4.78, 5) is 20.6. The van der Waals surface area contributed by atoms with E-state index in [1.165, 1.54) is 27.4 Å². The Morgan fingerprint density at radius 3 is 2.05 bits per heavy atom. The van der Waals surface area contributed by atoms with Crippen LogP contribution in [0.4, 0.5) is 0 Å². The zero-order valence-electron chi connectivity index (χ0n) is 12.4. The SMILES string of the molecule is COC(=O)[C@H](c1ccc(Cl)cc1)c1nc(OC)cc(OC)n1. The van der Waals surface area contributed by atoms with E-state index in [1.807, 2.05) is 0 Å². The highest BCUT2D eigenvalue weighted by molar-refractivity contribution is 6.30. The molecule has 0 unspecified atom stereocenters. The summed E-state index contributed by atoms with van der Waals surface area (Å²) in [5.74, 6) is -0.469. The van der Waals surface area contributed by atoms with Crippen LogP contribution < -0.4 is 9.47 Å². The van der Waals surface area contributed by atoms with E-state index in [2.05, 4.69) is 9.97 Å². The summed E-state index contributed by atoms with van der Waals surface area (Å²) < 4.78 is 15.1. The van der Waals surface area contributed by atoms with Gasteiger partial charge in [-0.05, 0) is 17.7 Å². The van der Waals surface area contributed by atoms with Crippen molar-refractivity contribution in [3.63, 3.8) is 0 Å². The van der Waals surface area contributed by atoms with Gasteiger partial charge in [-0.25, -0.2) is 0 Å². The van der Waals surface area contributed by atoms with Crippen LogP contribution in [0.1, 0.15) is 17.3 Å². The van der Waals surface area contributed by atoms with E-state index in [1.54, 1.807) is 24.3 Å². The van der Waals surface area contributed by atoms with Crippen LogP contribution >= 0.6 is 11.6 Å². The Kier molecular flexibility index (Phi) is 5.16. The van der Waals surface area contributed by atoms with Crippen molar-refractivity contribution in [3.05, 3.63) is 46.7 Å². The second-order valence-electron chi connectivity index (χ2n) is 4.32. The number of carbonyl (C=O) groups excluding carboxylic acids is 1. The third-order valence-corrected chi connectivity index (χ3v) is 3.27. The van der Waals surface area contributed by atoms with Gasteiger partial charge in [-0.2, -0.15) is 9.97 Å².